The van der Waals surface area contributed by atoms with E-state index in [0.717, 1.165) is 0 Å². The second-order valence-corrected chi connectivity index (χ2v) is 2.24. The number of hydrogen-bond acceptors (Lipinski definition) is 1. The van der Waals surface area contributed by atoms with Crippen LogP contribution in [0.5, 0.6) is 0 Å². The van der Waals surface area contributed by atoms with Gasteiger partial charge in [0.05, 0.1) is 0 Å². The molecule has 0 aromatic heterocycles. The fourth-order valence-corrected chi connectivity index (χ4v) is 0.843. The van der Waals surface area contributed by atoms with Gasteiger partial charge in [-0.05, 0) is 17.6 Å². The van der Waals surface area contributed by atoms with Crippen molar-refractivity contribution in [2.24, 2.45) is 5.14 Å². The molecular weight excluding hydrogens is 94.1 g/mol. The van der Waals surface area contributed by atoms with Gasteiger partial charge in [0.1, 0.15) is 0 Å². The predicted octanol–water partition coefficient (Wildman–Crippen LogP) is 0.614. The van der Waals surface area contributed by atoms with Gasteiger partial charge in [-0.25, -0.2) is 0 Å². The van der Waals surface area contributed by atoms with Crippen LogP contribution >= 0.6 is 10.7 Å². The molecule has 0 aliphatic carbocycles. The summed E-state index contributed by atoms with van der Waals surface area (Å²) in [7, 11) is -0.159. The van der Waals surface area contributed by atoms with Crippen molar-refractivity contribution in [3.8, 4) is 0 Å². The molecule has 1 unspecified atom stereocenters. The van der Waals surface area contributed by atoms with Crippen molar-refractivity contribution in [1.82, 2.24) is 0 Å². The van der Waals surface area contributed by atoms with Gasteiger partial charge >= 0.3 is 0 Å². The third-order valence-corrected chi connectivity index (χ3v) is 1.38. The molecule has 6 heavy (non-hydrogen) atoms. The first kappa shape index (κ1) is 3.88. The average Bonchev–Trinajstić information content (AvgIpc) is 1.86. The molecule has 0 radical (unpaired) electrons. The van der Waals surface area contributed by atoms with Gasteiger partial charge in [0.25, 0.3) is 0 Å². The van der Waals surface area contributed by atoms with Gasteiger partial charge in [-0.15, -0.1) is 0 Å². The van der Waals surface area contributed by atoms with Crippen molar-refractivity contribution in [3.05, 3.63) is 17.6 Å². The Labute approximate surface area is 39.2 Å². The molecule has 2 heteroatoms. The van der Waals surface area contributed by atoms with Crippen LogP contribution in [0.4, 0.5) is 0 Å². The highest BCUT2D eigenvalue weighted by Gasteiger charge is 1.75. The molecule has 0 aromatic carbocycles. The molecule has 0 spiro atoms. The van der Waals surface area contributed by atoms with E-state index in [0.29, 0.717) is 0 Å². The van der Waals surface area contributed by atoms with E-state index in [9.17, 15) is 0 Å². The van der Waals surface area contributed by atoms with Crippen LogP contribution in [0, 0.1) is 0 Å². The van der Waals surface area contributed by atoms with Crippen LogP contribution in [0.25, 0.3) is 0 Å². The zero-order valence-corrected chi connectivity index (χ0v) is 4.03. The van der Waals surface area contributed by atoms with Crippen molar-refractivity contribution >= 4 is 15.7 Å². The van der Waals surface area contributed by atoms with E-state index < -0.39 is 0 Å². The maximum absolute atomic E-state index is 5.33. The topological polar surface area (TPSA) is 26.0 Å². The number of nitrogens with two attached hydrogens (primary N) is 1. The van der Waals surface area contributed by atoms with E-state index in [1.165, 1.54) is 0 Å². The first-order chi connectivity index (χ1) is 2.89. The van der Waals surface area contributed by atoms with E-state index >= 15 is 0 Å². The van der Waals surface area contributed by atoms with Crippen LogP contribution in [0.15, 0.2) is 17.6 Å². The number of rotatable bonds is 0. The summed E-state index contributed by atoms with van der Waals surface area (Å²) in [4.78, 5) is 0. The summed E-state index contributed by atoms with van der Waals surface area (Å²) in [6.45, 7) is 0. The summed E-state index contributed by atoms with van der Waals surface area (Å²) < 4.78 is 0. The minimum atomic E-state index is -0.159. The Morgan fingerprint density at radius 1 is 1.67 bits per heavy atom. The Kier molecular flexibility index (Phi) is 0.926. The van der Waals surface area contributed by atoms with Crippen LogP contribution in [0.2, 0.25) is 0 Å². The van der Waals surface area contributed by atoms with Crippen LogP contribution < -0.4 is 5.14 Å². The Morgan fingerprint density at radius 3 is 2.67 bits per heavy atom. The number of hydrogen-bond donors (Lipinski definition) is 1. The molecule has 0 saturated carbocycles. The minimum Gasteiger partial charge on any atom is -0.274 e. The molecule has 1 atom stereocenters. The zero-order valence-electron chi connectivity index (χ0n) is 3.22. The lowest BCUT2D eigenvalue weighted by atomic mass is 10.6. The lowest BCUT2D eigenvalue weighted by molar-refractivity contribution is 2.03. The molecule has 32 valence electrons. The Bertz CT molecular complexity index is 140. The molecule has 0 fully saturated rings. The highest BCUT2D eigenvalue weighted by atomic mass is 32.2. The minimum absolute atomic E-state index is 0.159. The maximum atomic E-state index is 5.33. The van der Waals surface area contributed by atoms with Crippen molar-refractivity contribution in [2.45, 2.75) is 0 Å². The Morgan fingerprint density at radius 2 is 2.50 bits per heavy atom. The monoisotopic (exact) mass is 99.0 g/mol. The maximum Gasteiger partial charge on any atom is -0.0117 e. The Balaban J connectivity index is 2.98. The third-order valence-electron chi connectivity index (χ3n) is 0.526. The van der Waals surface area contributed by atoms with Crippen LogP contribution in [-0.2, 0) is 0 Å². The lowest BCUT2D eigenvalue weighted by Crippen LogP contribution is -1.73. The second-order valence-electron chi connectivity index (χ2n) is 0.985. The first-order valence-electron chi connectivity index (χ1n) is 1.63. The average molecular weight is 99.2 g/mol. The highest BCUT2D eigenvalue weighted by molar-refractivity contribution is 8.15. The van der Waals surface area contributed by atoms with Gasteiger partial charge in [-0.2, -0.15) is 0 Å². The summed E-state index contributed by atoms with van der Waals surface area (Å²) in [5.74, 6) is 0. The molecule has 2 N–H and O–H groups in total. The SMILES string of the molecule is NS1=C=CC=C1. The van der Waals surface area contributed by atoms with Crippen molar-refractivity contribution < 1.29 is 0 Å². The third kappa shape index (κ3) is 0.601. The van der Waals surface area contributed by atoms with Gasteiger partial charge in [0.2, 0.25) is 0 Å². The van der Waals surface area contributed by atoms with Crippen molar-refractivity contribution in [2.75, 3.05) is 0 Å². The van der Waals surface area contributed by atoms with Crippen LogP contribution in [-0.4, -0.2) is 5.02 Å². The van der Waals surface area contributed by atoms with Gasteiger partial charge in [0.15, 0.2) is 0 Å². The normalized spacial score (nSPS) is 27.8. The molecule has 1 rings (SSSR count). The standard InChI is InChI=1S/C4H5NS/c5-6-3-1-2-4-6/h1-3H,5H2. The van der Waals surface area contributed by atoms with E-state index in [1.807, 2.05) is 17.6 Å². The molecule has 1 nitrogen and oxygen atoms in total. The van der Waals surface area contributed by atoms with E-state index in [1.54, 1.807) is 0 Å². The first-order valence-corrected chi connectivity index (χ1v) is 2.98. The molecule has 0 saturated heterocycles. The molecule has 0 amide bonds. The molecule has 1 heterocycles. The molecule has 1 aliphatic rings. The summed E-state index contributed by atoms with van der Waals surface area (Å²) in [5, 5.41) is 10.1. The Hall–Kier alpha value is -0.300. The fourth-order valence-electron chi connectivity index (χ4n) is 0.281. The van der Waals surface area contributed by atoms with Gasteiger partial charge in [-0.3, -0.25) is 5.14 Å². The zero-order chi connectivity index (χ0) is 4.41. The number of allylic oxidation sites excluding steroid dienone is 2. The summed E-state index contributed by atoms with van der Waals surface area (Å²) in [6, 6.07) is 0. The van der Waals surface area contributed by atoms with E-state index in [-0.39, 0.29) is 10.7 Å². The summed E-state index contributed by atoms with van der Waals surface area (Å²) in [6.07, 6.45) is 3.74. The van der Waals surface area contributed by atoms with Crippen LogP contribution in [0.1, 0.15) is 0 Å². The lowest BCUT2D eigenvalue weighted by Gasteiger charge is -1.74. The van der Waals surface area contributed by atoms with E-state index in [4.69, 9.17) is 5.14 Å². The highest BCUT2D eigenvalue weighted by Crippen LogP contribution is 2.02. The summed E-state index contributed by atoms with van der Waals surface area (Å²) >= 11 is 0. The quantitative estimate of drug-likeness (QED) is 0.442. The van der Waals surface area contributed by atoms with Crippen LogP contribution in [0.3, 0.4) is 0 Å². The summed E-state index contributed by atoms with van der Waals surface area (Å²) in [5.41, 5.74) is 0. The largest absolute Gasteiger partial charge is 0.274 e. The molecule has 0 aromatic rings. The van der Waals surface area contributed by atoms with E-state index in [2.05, 4.69) is 5.02 Å². The fraction of sp³-hybridized carbons (Fsp3) is 0. The van der Waals surface area contributed by atoms with Gasteiger partial charge in [-0.1, -0.05) is 15.7 Å². The van der Waals surface area contributed by atoms with Crippen molar-refractivity contribution in [1.29, 1.82) is 0 Å². The second kappa shape index (κ2) is 1.43. The molecule has 1 aliphatic heterocycles. The predicted molar refractivity (Wildman–Crippen MR) is 30.5 cm³/mol. The smallest absolute Gasteiger partial charge is 0.0117 e. The molecular formula is C4H5NS. The van der Waals surface area contributed by atoms with Gasteiger partial charge in [0, 0.05) is 0 Å². The van der Waals surface area contributed by atoms with Crippen molar-refractivity contribution in [3.63, 3.8) is 0 Å². The molecule has 0 bridgehead atoms. The van der Waals surface area contributed by atoms with Gasteiger partial charge < -0.3 is 0 Å².